The lowest BCUT2D eigenvalue weighted by Gasteiger charge is -2.15. The molecule has 1 unspecified atom stereocenters. The molecular weight excluding hydrogens is 224 g/mol. The summed E-state index contributed by atoms with van der Waals surface area (Å²) < 4.78 is 1.65. The van der Waals surface area contributed by atoms with E-state index in [-0.39, 0.29) is 17.8 Å². The van der Waals surface area contributed by atoms with Gasteiger partial charge in [0.1, 0.15) is 0 Å². The number of nitrogens with two attached hydrogens (primary N) is 1. The van der Waals surface area contributed by atoms with E-state index in [0.29, 0.717) is 5.92 Å². The molecule has 0 aromatic carbocycles. The van der Waals surface area contributed by atoms with Gasteiger partial charge in [-0.2, -0.15) is 0 Å². The van der Waals surface area contributed by atoms with Crippen molar-refractivity contribution in [3.05, 3.63) is 10.5 Å². The second-order valence-corrected chi connectivity index (χ2v) is 5.48. The van der Waals surface area contributed by atoms with Crippen LogP contribution in [0.15, 0.2) is 9.95 Å². The number of nitrogens with zero attached hydrogens (tertiary/aromatic N) is 2. The fraction of sp³-hybridized carbons (Fsp3) is 0.800. The molecule has 0 aliphatic carbocycles. The quantitative estimate of drug-likeness (QED) is 0.764. The molecule has 0 saturated heterocycles. The van der Waals surface area contributed by atoms with Crippen LogP contribution >= 0.6 is 11.8 Å². The largest absolute Gasteiger partial charge is 0.344 e. The Hall–Kier alpha value is -0.750. The molecule has 0 aliphatic heterocycles. The van der Waals surface area contributed by atoms with Crippen LogP contribution in [0.4, 0.5) is 0 Å². The normalized spacial score (nSPS) is 13.7. The van der Waals surface area contributed by atoms with Crippen molar-refractivity contribution in [3.8, 4) is 0 Å². The molecule has 92 valence electrons. The standard InChI is InChI=1S/C10H20N4OS/c1-6(2)8(11)5-16-10-13-12-9(15)14(10)7(3)4/h6-8H,5,11H2,1-4H3,(H,12,15). The van der Waals surface area contributed by atoms with Crippen LogP contribution in [0.2, 0.25) is 0 Å². The highest BCUT2D eigenvalue weighted by Gasteiger charge is 2.14. The Labute approximate surface area is 99.8 Å². The smallest absolute Gasteiger partial charge is 0.327 e. The minimum atomic E-state index is -0.157. The van der Waals surface area contributed by atoms with Crippen molar-refractivity contribution in [1.29, 1.82) is 0 Å². The van der Waals surface area contributed by atoms with Crippen molar-refractivity contribution in [2.45, 2.75) is 44.9 Å². The number of aromatic amines is 1. The third kappa shape index (κ3) is 3.12. The fourth-order valence-electron chi connectivity index (χ4n) is 1.21. The highest BCUT2D eigenvalue weighted by atomic mass is 32.2. The maximum absolute atomic E-state index is 11.5. The SMILES string of the molecule is CC(C)C(N)CSc1n[nH]c(=O)n1C(C)C. The summed E-state index contributed by atoms with van der Waals surface area (Å²) in [5.41, 5.74) is 5.79. The van der Waals surface area contributed by atoms with Crippen LogP contribution in [-0.2, 0) is 0 Å². The molecule has 0 bridgehead atoms. The van der Waals surface area contributed by atoms with E-state index in [1.165, 1.54) is 11.8 Å². The van der Waals surface area contributed by atoms with Gasteiger partial charge in [-0.1, -0.05) is 25.6 Å². The van der Waals surface area contributed by atoms with Crippen LogP contribution < -0.4 is 11.4 Å². The molecule has 6 heteroatoms. The van der Waals surface area contributed by atoms with Gasteiger partial charge in [0.15, 0.2) is 5.16 Å². The Morgan fingerprint density at radius 1 is 1.44 bits per heavy atom. The Morgan fingerprint density at radius 2 is 2.06 bits per heavy atom. The highest BCUT2D eigenvalue weighted by molar-refractivity contribution is 7.99. The lowest BCUT2D eigenvalue weighted by atomic mass is 10.1. The number of hydrogen-bond donors (Lipinski definition) is 2. The van der Waals surface area contributed by atoms with E-state index in [4.69, 9.17) is 5.73 Å². The molecule has 1 aromatic rings. The van der Waals surface area contributed by atoms with Crippen LogP contribution in [0.3, 0.4) is 0 Å². The Bertz CT molecular complexity index is 382. The lowest BCUT2D eigenvalue weighted by molar-refractivity contribution is 0.524. The van der Waals surface area contributed by atoms with Crippen molar-refractivity contribution in [1.82, 2.24) is 14.8 Å². The zero-order chi connectivity index (χ0) is 12.3. The highest BCUT2D eigenvalue weighted by Crippen LogP contribution is 2.18. The van der Waals surface area contributed by atoms with Crippen molar-refractivity contribution < 1.29 is 0 Å². The average molecular weight is 244 g/mol. The molecular formula is C10H20N4OS. The molecule has 0 saturated carbocycles. The van der Waals surface area contributed by atoms with Crippen molar-refractivity contribution in [2.24, 2.45) is 11.7 Å². The fourth-order valence-corrected chi connectivity index (χ4v) is 2.48. The summed E-state index contributed by atoms with van der Waals surface area (Å²) in [4.78, 5) is 11.5. The van der Waals surface area contributed by atoms with Gasteiger partial charge in [-0.25, -0.2) is 9.89 Å². The summed E-state index contributed by atoms with van der Waals surface area (Å²) in [5.74, 6) is 1.21. The molecule has 1 heterocycles. The molecule has 1 atom stereocenters. The van der Waals surface area contributed by atoms with E-state index in [0.717, 1.165) is 10.9 Å². The van der Waals surface area contributed by atoms with Gasteiger partial charge >= 0.3 is 5.69 Å². The first-order chi connectivity index (χ1) is 7.43. The zero-order valence-corrected chi connectivity index (χ0v) is 11.0. The van der Waals surface area contributed by atoms with Crippen LogP contribution in [0.5, 0.6) is 0 Å². The maximum Gasteiger partial charge on any atom is 0.344 e. The number of hydrogen-bond acceptors (Lipinski definition) is 4. The van der Waals surface area contributed by atoms with Crippen LogP contribution in [0.25, 0.3) is 0 Å². The molecule has 0 spiro atoms. The number of nitrogens with one attached hydrogen (secondary N) is 1. The first-order valence-corrected chi connectivity index (χ1v) is 6.47. The Kier molecular flexibility index (Phi) is 4.61. The van der Waals surface area contributed by atoms with E-state index in [1.807, 2.05) is 13.8 Å². The predicted octanol–water partition coefficient (Wildman–Crippen LogP) is 1.23. The molecule has 16 heavy (non-hydrogen) atoms. The molecule has 0 radical (unpaired) electrons. The van der Waals surface area contributed by atoms with Gasteiger partial charge in [0, 0.05) is 17.8 Å². The van der Waals surface area contributed by atoms with Crippen molar-refractivity contribution >= 4 is 11.8 Å². The summed E-state index contributed by atoms with van der Waals surface area (Å²) in [6.45, 7) is 8.10. The topological polar surface area (TPSA) is 76.7 Å². The van der Waals surface area contributed by atoms with E-state index in [1.54, 1.807) is 4.57 Å². The minimum Gasteiger partial charge on any atom is -0.327 e. The summed E-state index contributed by atoms with van der Waals surface area (Å²) in [5, 5.41) is 7.19. The number of aromatic nitrogens is 3. The first-order valence-electron chi connectivity index (χ1n) is 5.48. The molecule has 0 aliphatic rings. The minimum absolute atomic E-state index is 0.115. The third-order valence-electron chi connectivity index (χ3n) is 2.45. The van der Waals surface area contributed by atoms with Gasteiger partial charge in [-0.05, 0) is 19.8 Å². The number of thioether (sulfide) groups is 1. The number of rotatable bonds is 5. The molecule has 0 amide bonds. The summed E-state index contributed by atoms with van der Waals surface area (Å²) in [7, 11) is 0. The Morgan fingerprint density at radius 3 is 2.56 bits per heavy atom. The summed E-state index contributed by atoms with van der Waals surface area (Å²) >= 11 is 1.53. The summed E-state index contributed by atoms with van der Waals surface area (Å²) in [6.07, 6.45) is 0. The molecule has 5 nitrogen and oxygen atoms in total. The van der Waals surface area contributed by atoms with Gasteiger partial charge in [-0.15, -0.1) is 5.10 Å². The van der Waals surface area contributed by atoms with Crippen molar-refractivity contribution in [3.63, 3.8) is 0 Å². The zero-order valence-electron chi connectivity index (χ0n) is 10.2. The molecule has 1 rings (SSSR count). The van der Waals surface area contributed by atoms with Crippen LogP contribution in [-0.4, -0.2) is 26.6 Å². The Balaban J connectivity index is 2.71. The first kappa shape index (κ1) is 13.3. The van der Waals surface area contributed by atoms with Gasteiger partial charge < -0.3 is 5.73 Å². The van der Waals surface area contributed by atoms with E-state index >= 15 is 0 Å². The van der Waals surface area contributed by atoms with Gasteiger partial charge in [0.2, 0.25) is 0 Å². The molecule has 0 fully saturated rings. The third-order valence-corrected chi connectivity index (χ3v) is 3.55. The lowest BCUT2D eigenvalue weighted by Crippen LogP contribution is -2.29. The second-order valence-electron chi connectivity index (χ2n) is 4.49. The van der Waals surface area contributed by atoms with Gasteiger partial charge in [-0.3, -0.25) is 4.57 Å². The van der Waals surface area contributed by atoms with Gasteiger partial charge in [0.25, 0.3) is 0 Å². The average Bonchev–Trinajstić information content (AvgIpc) is 2.55. The predicted molar refractivity (Wildman–Crippen MR) is 66.8 cm³/mol. The van der Waals surface area contributed by atoms with E-state index < -0.39 is 0 Å². The van der Waals surface area contributed by atoms with Gasteiger partial charge in [0.05, 0.1) is 0 Å². The second kappa shape index (κ2) is 5.54. The molecule has 3 N–H and O–H groups in total. The van der Waals surface area contributed by atoms with Crippen LogP contribution in [0, 0.1) is 5.92 Å². The number of H-pyrrole nitrogens is 1. The monoisotopic (exact) mass is 244 g/mol. The maximum atomic E-state index is 11.5. The molecule has 1 aromatic heterocycles. The van der Waals surface area contributed by atoms with Crippen molar-refractivity contribution in [2.75, 3.05) is 5.75 Å². The summed E-state index contributed by atoms with van der Waals surface area (Å²) in [6, 6.07) is 0.237. The van der Waals surface area contributed by atoms with Crippen LogP contribution in [0.1, 0.15) is 33.7 Å². The van der Waals surface area contributed by atoms with E-state index in [9.17, 15) is 4.79 Å². The van der Waals surface area contributed by atoms with E-state index in [2.05, 4.69) is 24.0 Å².